The topological polar surface area (TPSA) is 127 Å². The fourth-order valence-corrected chi connectivity index (χ4v) is 3.32. The molecule has 0 unspecified atom stereocenters. The lowest BCUT2D eigenvalue weighted by Crippen LogP contribution is -2.34. The van der Waals surface area contributed by atoms with Gasteiger partial charge in [0.2, 0.25) is 11.6 Å². The Hall–Kier alpha value is -3.23. The molecule has 25 heavy (non-hydrogen) atoms. The summed E-state index contributed by atoms with van der Waals surface area (Å²) in [5.74, 6) is 1.45. The Morgan fingerprint density at radius 1 is 1.24 bits per heavy atom. The van der Waals surface area contributed by atoms with E-state index in [-0.39, 0.29) is 11.5 Å². The highest BCUT2D eigenvalue weighted by Gasteiger charge is 2.30. The fourth-order valence-electron chi connectivity index (χ4n) is 3.32. The summed E-state index contributed by atoms with van der Waals surface area (Å²) >= 11 is 0. The van der Waals surface area contributed by atoms with Gasteiger partial charge in [-0.2, -0.15) is 0 Å². The molecule has 128 valence electrons. The van der Waals surface area contributed by atoms with Crippen molar-refractivity contribution in [2.24, 2.45) is 0 Å². The van der Waals surface area contributed by atoms with Crippen LogP contribution in [0.5, 0.6) is 0 Å². The highest BCUT2D eigenvalue weighted by molar-refractivity contribution is 5.75. The van der Waals surface area contributed by atoms with Crippen molar-refractivity contribution in [3.8, 4) is 0 Å². The van der Waals surface area contributed by atoms with Gasteiger partial charge in [-0.3, -0.25) is 10.1 Å². The van der Waals surface area contributed by atoms with Gasteiger partial charge in [-0.1, -0.05) is 12.1 Å². The van der Waals surface area contributed by atoms with Crippen LogP contribution >= 0.6 is 0 Å². The molecule has 1 aromatic carbocycles. The minimum Gasteiger partial charge on any atom is -0.378 e. The van der Waals surface area contributed by atoms with Crippen LogP contribution in [-0.4, -0.2) is 37.9 Å². The third-order valence-corrected chi connectivity index (χ3v) is 4.60. The molecule has 0 bridgehead atoms. The molecule has 9 nitrogen and oxygen atoms in total. The number of nitrogens with two attached hydrogens (primary N) is 1. The van der Waals surface area contributed by atoms with Crippen molar-refractivity contribution < 1.29 is 4.92 Å². The number of imidazole rings is 1. The predicted octanol–water partition coefficient (Wildman–Crippen LogP) is 2.23. The van der Waals surface area contributed by atoms with Gasteiger partial charge in [0.25, 0.3) is 0 Å². The molecule has 0 atom stereocenters. The SMILES string of the molecule is Nc1ncnc(N2CCC(c3nc4ccccc4[nH]3)CC2)c1[N+](=O)[O-]. The van der Waals surface area contributed by atoms with Gasteiger partial charge in [-0.15, -0.1) is 0 Å². The largest absolute Gasteiger partial charge is 0.378 e. The number of hydrogen-bond donors (Lipinski definition) is 2. The lowest BCUT2D eigenvalue weighted by molar-refractivity contribution is -0.383. The molecule has 0 spiro atoms. The second kappa shape index (κ2) is 6.00. The first-order valence-corrected chi connectivity index (χ1v) is 8.08. The monoisotopic (exact) mass is 339 g/mol. The number of anilines is 2. The van der Waals surface area contributed by atoms with Crippen LogP contribution in [0.4, 0.5) is 17.3 Å². The van der Waals surface area contributed by atoms with Crippen LogP contribution in [0.15, 0.2) is 30.6 Å². The summed E-state index contributed by atoms with van der Waals surface area (Å²) in [6.07, 6.45) is 2.94. The zero-order chi connectivity index (χ0) is 17.4. The van der Waals surface area contributed by atoms with E-state index in [1.807, 2.05) is 29.2 Å². The molecule has 3 heterocycles. The Morgan fingerprint density at radius 3 is 2.72 bits per heavy atom. The minimum atomic E-state index is -0.518. The summed E-state index contributed by atoms with van der Waals surface area (Å²) in [7, 11) is 0. The molecule has 1 fully saturated rings. The summed E-state index contributed by atoms with van der Waals surface area (Å²) in [5.41, 5.74) is 7.42. The average Bonchev–Trinajstić information content (AvgIpc) is 3.05. The molecule has 1 saturated heterocycles. The van der Waals surface area contributed by atoms with Crippen molar-refractivity contribution in [1.82, 2.24) is 19.9 Å². The van der Waals surface area contributed by atoms with Crippen molar-refractivity contribution in [2.75, 3.05) is 23.7 Å². The third-order valence-electron chi connectivity index (χ3n) is 4.60. The molecule has 0 amide bonds. The van der Waals surface area contributed by atoms with Gasteiger partial charge in [0, 0.05) is 19.0 Å². The molecule has 0 aliphatic carbocycles. The maximum absolute atomic E-state index is 11.3. The summed E-state index contributed by atoms with van der Waals surface area (Å²) in [5, 5.41) is 11.3. The first-order valence-electron chi connectivity index (χ1n) is 8.08. The molecule has 2 aromatic heterocycles. The highest BCUT2D eigenvalue weighted by atomic mass is 16.6. The van der Waals surface area contributed by atoms with Crippen molar-refractivity contribution in [3.05, 3.63) is 46.5 Å². The molecular formula is C16H17N7O2. The first-order chi connectivity index (χ1) is 12.1. The predicted molar refractivity (Wildman–Crippen MR) is 93.4 cm³/mol. The average molecular weight is 339 g/mol. The number of fused-ring (bicyclic) bond motifs is 1. The summed E-state index contributed by atoms with van der Waals surface area (Å²) in [6, 6.07) is 7.94. The zero-order valence-electron chi connectivity index (χ0n) is 13.4. The van der Waals surface area contributed by atoms with Crippen molar-refractivity contribution in [3.63, 3.8) is 0 Å². The van der Waals surface area contributed by atoms with Gasteiger partial charge in [-0.05, 0) is 25.0 Å². The number of hydrogen-bond acceptors (Lipinski definition) is 7. The number of aromatic nitrogens is 4. The minimum absolute atomic E-state index is 0.102. The van der Waals surface area contributed by atoms with Crippen LogP contribution in [0.25, 0.3) is 11.0 Å². The number of para-hydroxylation sites is 2. The lowest BCUT2D eigenvalue weighted by atomic mass is 9.96. The van der Waals surface area contributed by atoms with E-state index in [2.05, 4.69) is 19.9 Å². The third kappa shape index (κ3) is 2.73. The van der Waals surface area contributed by atoms with E-state index in [0.717, 1.165) is 29.7 Å². The summed E-state index contributed by atoms with van der Waals surface area (Å²) in [6.45, 7) is 1.30. The summed E-state index contributed by atoms with van der Waals surface area (Å²) in [4.78, 5) is 28.5. The molecule has 1 aliphatic heterocycles. The van der Waals surface area contributed by atoms with Crippen LogP contribution in [0.1, 0.15) is 24.6 Å². The van der Waals surface area contributed by atoms with E-state index in [4.69, 9.17) is 5.73 Å². The molecule has 0 radical (unpaired) electrons. The molecular weight excluding hydrogens is 322 g/mol. The van der Waals surface area contributed by atoms with Gasteiger partial charge in [0.05, 0.1) is 16.0 Å². The van der Waals surface area contributed by atoms with E-state index < -0.39 is 4.92 Å². The standard InChI is InChI=1S/C16H17N7O2/c17-14-13(23(24)25)16(19-9-18-14)22-7-5-10(6-8-22)15-20-11-3-1-2-4-12(11)21-15/h1-4,9-10H,5-8H2,(H,20,21)(H2,17,18,19). The highest BCUT2D eigenvalue weighted by Crippen LogP contribution is 2.34. The quantitative estimate of drug-likeness (QED) is 0.553. The Kier molecular flexibility index (Phi) is 3.68. The Labute approximate surface area is 143 Å². The van der Waals surface area contributed by atoms with E-state index >= 15 is 0 Å². The number of aromatic amines is 1. The van der Waals surface area contributed by atoms with E-state index in [0.29, 0.717) is 24.8 Å². The van der Waals surface area contributed by atoms with Crippen molar-refractivity contribution in [2.45, 2.75) is 18.8 Å². The molecule has 4 rings (SSSR count). The zero-order valence-corrected chi connectivity index (χ0v) is 13.4. The molecule has 9 heteroatoms. The first kappa shape index (κ1) is 15.3. The molecule has 0 saturated carbocycles. The summed E-state index contributed by atoms with van der Waals surface area (Å²) < 4.78 is 0. The number of H-pyrrole nitrogens is 1. The molecule has 3 N–H and O–H groups in total. The number of nitro groups is 1. The number of nitrogens with one attached hydrogen (secondary N) is 1. The van der Waals surface area contributed by atoms with Gasteiger partial charge in [0.15, 0.2) is 0 Å². The number of benzene rings is 1. The maximum Gasteiger partial charge on any atom is 0.353 e. The van der Waals surface area contributed by atoms with Gasteiger partial charge < -0.3 is 15.6 Å². The van der Waals surface area contributed by atoms with E-state index in [1.54, 1.807) is 0 Å². The Balaban J connectivity index is 1.54. The van der Waals surface area contributed by atoms with Crippen LogP contribution in [0.3, 0.4) is 0 Å². The second-order valence-corrected chi connectivity index (χ2v) is 6.09. The van der Waals surface area contributed by atoms with Gasteiger partial charge >= 0.3 is 5.69 Å². The molecule has 1 aliphatic rings. The van der Waals surface area contributed by atoms with Crippen LogP contribution in [0, 0.1) is 10.1 Å². The Morgan fingerprint density at radius 2 is 2.00 bits per heavy atom. The van der Waals surface area contributed by atoms with E-state index in [1.165, 1.54) is 6.33 Å². The number of nitrogens with zero attached hydrogens (tertiary/aromatic N) is 5. The second-order valence-electron chi connectivity index (χ2n) is 6.09. The van der Waals surface area contributed by atoms with Gasteiger partial charge in [0.1, 0.15) is 12.2 Å². The molecule has 3 aromatic rings. The van der Waals surface area contributed by atoms with Crippen LogP contribution in [-0.2, 0) is 0 Å². The number of piperidine rings is 1. The Bertz CT molecular complexity index is 898. The van der Waals surface area contributed by atoms with Crippen LogP contribution in [0.2, 0.25) is 0 Å². The normalized spacial score (nSPS) is 15.6. The number of nitrogen functional groups attached to an aromatic ring is 1. The number of rotatable bonds is 3. The smallest absolute Gasteiger partial charge is 0.353 e. The maximum atomic E-state index is 11.3. The van der Waals surface area contributed by atoms with E-state index in [9.17, 15) is 10.1 Å². The fraction of sp³-hybridized carbons (Fsp3) is 0.312. The van der Waals surface area contributed by atoms with Crippen molar-refractivity contribution in [1.29, 1.82) is 0 Å². The van der Waals surface area contributed by atoms with Gasteiger partial charge in [-0.25, -0.2) is 15.0 Å². The van der Waals surface area contributed by atoms with Crippen LogP contribution < -0.4 is 10.6 Å². The van der Waals surface area contributed by atoms with Crippen molar-refractivity contribution >= 4 is 28.4 Å². The lowest BCUT2D eigenvalue weighted by Gasteiger charge is -2.31.